The van der Waals surface area contributed by atoms with Gasteiger partial charge in [0.1, 0.15) is 0 Å². The summed E-state index contributed by atoms with van der Waals surface area (Å²) in [5.41, 5.74) is 0. The number of nitrogens with zero attached hydrogens (tertiary/aromatic N) is 1. The Morgan fingerprint density at radius 1 is 1.38 bits per heavy atom. The van der Waals surface area contributed by atoms with Gasteiger partial charge in [-0.1, -0.05) is 13.8 Å². The summed E-state index contributed by atoms with van der Waals surface area (Å²) in [7, 11) is 1.80. The molecular weight excluding hydrogens is 202 g/mol. The molecule has 0 aromatic carbocycles. The zero-order valence-electron chi connectivity index (χ0n) is 11.1. The monoisotopic (exact) mass is 229 g/mol. The molecule has 0 N–H and O–H groups in total. The number of hydrogen-bond donors (Lipinski definition) is 0. The highest BCUT2D eigenvalue weighted by Crippen LogP contribution is 2.16. The van der Waals surface area contributed by atoms with Gasteiger partial charge in [-0.2, -0.15) is 0 Å². The maximum atomic E-state index is 5.62. The molecule has 16 heavy (non-hydrogen) atoms. The minimum Gasteiger partial charge on any atom is -0.384 e. The number of methoxy groups -OCH3 is 1. The van der Waals surface area contributed by atoms with Crippen LogP contribution in [0.2, 0.25) is 0 Å². The van der Waals surface area contributed by atoms with Crippen molar-refractivity contribution in [3.63, 3.8) is 0 Å². The molecule has 1 aliphatic rings. The van der Waals surface area contributed by atoms with Crippen molar-refractivity contribution in [1.29, 1.82) is 0 Å². The predicted octanol–water partition coefficient (Wildman–Crippen LogP) is 2.02. The van der Waals surface area contributed by atoms with E-state index in [0.717, 1.165) is 32.3 Å². The lowest BCUT2D eigenvalue weighted by atomic mass is 9.99. The van der Waals surface area contributed by atoms with Gasteiger partial charge in [-0.3, -0.25) is 0 Å². The van der Waals surface area contributed by atoms with Crippen molar-refractivity contribution in [2.45, 2.75) is 26.7 Å². The van der Waals surface area contributed by atoms with E-state index in [-0.39, 0.29) is 0 Å². The van der Waals surface area contributed by atoms with E-state index in [4.69, 9.17) is 9.47 Å². The van der Waals surface area contributed by atoms with Crippen molar-refractivity contribution in [3.05, 3.63) is 0 Å². The highest BCUT2D eigenvalue weighted by Gasteiger charge is 2.19. The third kappa shape index (κ3) is 5.83. The topological polar surface area (TPSA) is 21.7 Å². The van der Waals surface area contributed by atoms with E-state index >= 15 is 0 Å². The number of hydrogen-bond acceptors (Lipinski definition) is 3. The molecule has 3 heteroatoms. The van der Waals surface area contributed by atoms with Crippen LogP contribution in [0.1, 0.15) is 26.7 Å². The molecule has 3 nitrogen and oxygen atoms in total. The van der Waals surface area contributed by atoms with Crippen LogP contribution < -0.4 is 0 Å². The SMILES string of the molecule is COC[C@@H]1CCCN(CCOCC(C)C)C1. The van der Waals surface area contributed by atoms with E-state index in [9.17, 15) is 0 Å². The van der Waals surface area contributed by atoms with E-state index in [1.807, 2.05) is 0 Å². The summed E-state index contributed by atoms with van der Waals surface area (Å²) in [6.07, 6.45) is 2.62. The van der Waals surface area contributed by atoms with E-state index in [1.54, 1.807) is 7.11 Å². The third-order valence-corrected chi connectivity index (χ3v) is 3.01. The molecule has 0 spiro atoms. The van der Waals surface area contributed by atoms with Crippen molar-refractivity contribution in [2.75, 3.05) is 46.6 Å². The number of piperidine rings is 1. The lowest BCUT2D eigenvalue weighted by molar-refractivity contribution is 0.0535. The van der Waals surface area contributed by atoms with Crippen molar-refractivity contribution in [3.8, 4) is 0 Å². The van der Waals surface area contributed by atoms with E-state index in [2.05, 4.69) is 18.7 Å². The summed E-state index contributed by atoms with van der Waals surface area (Å²) >= 11 is 0. The number of likely N-dealkylation sites (tertiary alicyclic amines) is 1. The van der Waals surface area contributed by atoms with Gasteiger partial charge in [-0.25, -0.2) is 0 Å². The van der Waals surface area contributed by atoms with Crippen LogP contribution in [-0.4, -0.2) is 51.5 Å². The lowest BCUT2D eigenvalue weighted by Gasteiger charge is -2.32. The van der Waals surface area contributed by atoms with Gasteiger partial charge in [0.05, 0.1) is 13.2 Å². The summed E-state index contributed by atoms with van der Waals surface area (Å²) in [6, 6.07) is 0. The highest BCUT2D eigenvalue weighted by atomic mass is 16.5. The normalized spacial score (nSPS) is 22.9. The minimum absolute atomic E-state index is 0.641. The van der Waals surface area contributed by atoms with Crippen LogP contribution >= 0.6 is 0 Å². The second-order valence-corrected chi connectivity index (χ2v) is 5.23. The van der Waals surface area contributed by atoms with Gasteiger partial charge in [0.25, 0.3) is 0 Å². The summed E-state index contributed by atoms with van der Waals surface area (Å²) in [4.78, 5) is 2.51. The first-order valence-corrected chi connectivity index (χ1v) is 6.51. The quantitative estimate of drug-likeness (QED) is 0.623. The average molecular weight is 229 g/mol. The fourth-order valence-corrected chi connectivity index (χ4v) is 2.24. The van der Waals surface area contributed by atoms with Gasteiger partial charge in [0, 0.05) is 26.8 Å². The molecule has 0 aromatic heterocycles. The van der Waals surface area contributed by atoms with Crippen molar-refractivity contribution >= 4 is 0 Å². The minimum atomic E-state index is 0.641. The maximum absolute atomic E-state index is 5.62. The van der Waals surface area contributed by atoms with Gasteiger partial charge < -0.3 is 14.4 Å². The lowest BCUT2D eigenvalue weighted by Crippen LogP contribution is -2.39. The van der Waals surface area contributed by atoms with Crippen molar-refractivity contribution in [1.82, 2.24) is 4.90 Å². The Hall–Kier alpha value is -0.120. The molecule has 1 atom stereocenters. The zero-order valence-corrected chi connectivity index (χ0v) is 11.1. The molecule has 0 radical (unpaired) electrons. The summed E-state index contributed by atoms with van der Waals surface area (Å²) in [6.45, 7) is 10.5. The molecule has 96 valence electrons. The highest BCUT2D eigenvalue weighted by molar-refractivity contribution is 4.72. The Bertz CT molecular complexity index is 171. The van der Waals surface area contributed by atoms with Crippen LogP contribution in [0.4, 0.5) is 0 Å². The van der Waals surface area contributed by atoms with Crippen LogP contribution in [0, 0.1) is 11.8 Å². The second kappa shape index (κ2) is 8.04. The number of ether oxygens (including phenoxy) is 2. The summed E-state index contributed by atoms with van der Waals surface area (Å²) in [5, 5.41) is 0. The number of rotatable bonds is 7. The fourth-order valence-electron chi connectivity index (χ4n) is 2.24. The fraction of sp³-hybridized carbons (Fsp3) is 1.00. The maximum Gasteiger partial charge on any atom is 0.0593 e. The Balaban J connectivity index is 2.07. The van der Waals surface area contributed by atoms with Gasteiger partial charge in [-0.15, -0.1) is 0 Å². The first-order valence-electron chi connectivity index (χ1n) is 6.51. The predicted molar refractivity (Wildman–Crippen MR) is 66.7 cm³/mol. The molecule has 1 heterocycles. The Kier molecular flexibility index (Phi) is 7.01. The van der Waals surface area contributed by atoms with Gasteiger partial charge in [0.15, 0.2) is 0 Å². The first-order chi connectivity index (χ1) is 7.72. The van der Waals surface area contributed by atoms with E-state index in [1.165, 1.54) is 25.9 Å². The largest absolute Gasteiger partial charge is 0.384 e. The molecule has 1 fully saturated rings. The standard InChI is InChI=1S/C13H27NO2/c1-12(2)10-16-8-7-14-6-4-5-13(9-14)11-15-3/h12-13H,4-11H2,1-3H3/t13-/m1/s1. The van der Waals surface area contributed by atoms with Crippen molar-refractivity contribution in [2.24, 2.45) is 11.8 Å². The van der Waals surface area contributed by atoms with Crippen molar-refractivity contribution < 1.29 is 9.47 Å². The van der Waals surface area contributed by atoms with Gasteiger partial charge in [-0.05, 0) is 31.2 Å². The Labute approximate surface area is 100 Å². The van der Waals surface area contributed by atoms with Gasteiger partial charge in [0.2, 0.25) is 0 Å². The first kappa shape index (κ1) is 13.9. The molecule has 0 amide bonds. The van der Waals surface area contributed by atoms with Crippen LogP contribution in [0.15, 0.2) is 0 Å². The zero-order chi connectivity index (χ0) is 11.8. The smallest absolute Gasteiger partial charge is 0.0593 e. The molecule has 1 aliphatic heterocycles. The Morgan fingerprint density at radius 2 is 2.19 bits per heavy atom. The molecular formula is C13H27NO2. The van der Waals surface area contributed by atoms with Crippen LogP contribution in [0.3, 0.4) is 0 Å². The molecule has 0 saturated carbocycles. The third-order valence-electron chi connectivity index (χ3n) is 3.01. The molecule has 0 bridgehead atoms. The van der Waals surface area contributed by atoms with Crippen LogP contribution in [-0.2, 0) is 9.47 Å². The van der Waals surface area contributed by atoms with Gasteiger partial charge >= 0.3 is 0 Å². The summed E-state index contributed by atoms with van der Waals surface area (Å²) < 4.78 is 10.8. The molecule has 0 unspecified atom stereocenters. The summed E-state index contributed by atoms with van der Waals surface area (Å²) in [5.74, 6) is 1.37. The average Bonchev–Trinajstić information content (AvgIpc) is 2.25. The molecule has 0 aliphatic carbocycles. The molecule has 1 rings (SSSR count). The second-order valence-electron chi connectivity index (χ2n) is 5.23. The van der Waals surface area contributed by atoms with Crippen LogP contribution in [0.25, 0.3) is 0 Å². The molecule has 1 saturated heterocycles. The van der Waals surface area contributed by atoms with Crippen LogP contribution in [0.5, 0.6) is 0 Å². The Morgan fingerprint density at radius 3 is 2.88 bits per heavy atom. The molecule has 0 aromatic rings. The van der Waals surface area contributed by atoms with E-state index < -0.39 is 0 Å². The van der Waals surface area contributed by atoms with E-state index in [0.29, 0.717) is 5.92 Å².